The number of nitrogens with zero attached hydrogens (tertiary/aromatic N) is 1. The van der Waals surface area contributed by atoms with E-state index in [-0.39, 0.29) is 5.91 Å². The van der Waals surface area contributed by atoms with Crippen molar-refractivity contribution in [2.45, 2.75) is 13.5 Å². The fourth-order valence-corrected chi connectivity index (χ4v) is 1.93. The van der Waals surface area contributed by atoms with Crippen LogP contribution in [0.25, 0.3) is 0 Å². The molecule has 108 valence electrons. The average Bonchev–Trinajstić information content (AvgIpc) is 2.52. The topological polar surface area (TPSA) is 54.0 Å². The minimum absolute atomic E-state index is 0.200. The summed E-state index contributed by atoms with van der Waals surface area (Å²) < 4.78 is 0. The first-order valence-electron chi connectivity index (χ1n) is 6.84. The number of pyridine rings is 1. The fraction of sp³-hybridized carbons (Fsp3) is 0.176. The van der Waals surface area contributed by atoms with Crippen molar-refractivity contribution in [2.75, 3.05) is 11.9 Å². The third-order valence-corrected chi connectivity index (χ3v) is 3.14. The molecule has 0 saturated carbocycles. The molecule has 0 unspecified atom stereocenters. The molecule has 0 atom stereocenters. The summed E-state index contributed by atoms with van der Waals surface area (Å²) in [7, 11) is 0. The molecule has 1 amide bonds. The molecule has 0 spiro atoms. The highest BCUT2D eigenvalue weighted by atomic mass is 16.1. The molecule has 4 heteroatoms. The first-order valence-corrected chi connectivity index (χ1v) is 6.84. The second-order valence-corrected chi connectivity index (χ2v) is 4.71. The minimum atomic E-state index is -0.200. The van der Waals surface area contributed by atoms with E-state index < -0.39 is 0 Å². The van der Waals surface area contributed by atoms with E-state index in [1.807, 2.05) is 18.2 Å². The number of carbonyl (C=O) groups excluding carboxylic acids is 1. The number of amides is 1. The van der Waals surface area contributed by atoms with Crippen LogP contribution in [0.5, 0.6) is 0 Å². The Morgan fingerprint density at radius 3 is 2.90 bits per heavy atom. The third-order valence-electron chi connectivity index (χ3n) is 3.14. The number of rotatable bonds is 6. The number of hydrogen-bond donors (Lipinski definition) is 2. The van der Waals surface area contributed by atoms with Crippen molar-refractivity contribution in [3.05, 3.63) is 72.1 Å². The molecule has 1 heterocycles. The largest absolute Gasteiger partial charge is 0.381 e. The first-order chi connectivity index (χ1) is 10.2. The zero-order valence-corrected chi connectivity index (χ0v) is 12.1. The van der Waals surface area contributed by atoms with Crippen molar-refractivity contribution in [3.8, 4) is 0 Å². The zero-order valence-electron chi connectivity index (χ0n) is 12.1. The molecule has 21 heavy (non-hydrogen) atoms. The summed E-state index contributed by atoms with van der Waals surface area (Å²) in [4.78, 5) is 15.9. The van der Waals surface area contributed by atoms with Crippen molar-refractivity contribution in [1.82, 2.24) is 10.3 Å². The fourth-order valence-electron chi connectivity index (χ4n) is 1.93. The Kier molecular flexibility index (Phi) is 5.10. The third kappa shape index (κ3) is 4.18. The standard InChI is InChI=1S/C17H19N3O/c1-3-9-19-17(21)16-11-15(8-10-18-16)20-12-14-7-5-4-6-13(14)2/h3-8,10-11H,1,9,12H2,2H3,(H,18,20)(H,19,21). The van der Waals surface area contributed by atoms with E-state index in [0.717, 1.165) is 5.69 Å². The van der Waals surface area contributed by atoms with Gasteiger partial charge in [0.15, 0.2) is 0 Å². The molecule has 0 fully saturated rings. The number of hydrogen-bond acceptors (Lipinski definition) is 3. The SMILES string of the molecule is C=CCNC(=O)c1cc(NCc2ccccc2C)ccn1. The summed E-state index contributed by atoms with van der Waals surface area (Å²) in [5.74, 6) is -0.200. The molecule has 0 aliphatic heterocycles. The summed E-state index contributed by atoms with van der Waals surface area (Å²) in [5.41, 5.74) is 3.73. The summed E-state index contributed by atoms with van der Waals surface area (Å²) in [6, 6.07) is 11.8. The van der Waals surface area contributed by atoms with Crippen LogP contribution >= 0.6 is 0 Å². The van der Waals surface area contributed by atoms with E-state index in [0.29, 0.717) is 18.8 Å². The van der Waals surface area contributed by atoms with E-state index in [4.69, 9.17) is 0 Å². The lowest BCUT2D eigenvalue weighted by atomic mass is 10.1. The van der Waals surface area contributed by atoms with E-state index in [1.54, 1.807) is 18.3 Å². The van der Waals surface area contributed by atoms with Crippen molar-refractivity contribution in [1.29, 1.82) is 0 Å². The predicted molar refractivity (Wildman–Crippen MR) is 85.3 cm³/mol. The molecule has 2 N–H and O–H groups in total. The highest BCUT2D eigenvalue weighted by molar-refractivity contribution is 5.93. The van der Waals surface area contributed by atoms with Crippen LogP contribution < -0.4 is 10.6 Å². The van der Waals surface area contributed by atoms with Gasteiger partial charge in [-0.15, -0.1) is 6.58 Å². The number of anilines is 1. The van der Waals surface area contributed by atoms with Gasteiger partial charge < -0.3 is 10.6 Å². The van der Waals surface area contributed by atoms with Gasteiger partial charge in [0.2, 0.25) is 0 Å². The van der Waals surface area contributed by atoms with Crippen LogP contribution in [-0.4, -0.2) is 17.4 Å². The Hall–Kier alpha value is -2.62. The van der Waals surface area contributed by atoms with Gasteiger partial charge >= 0.3 is 0 Å². The van der Waals surface area contributed by atoms with Gasteiger partial charge in [0, 0.05) is 25.0 Å². The Morgan fingerprint density at radius 1 is 1.33 bits per heavy atom. The van der Waals surface area contributed by atoms with Crippen LogP contribution in [0.2, 0.25) is 0 Å². The van der Waals surface area contributed by atoms with Gasteiger partial charge in [-0.2, -0.15) is 0 Å². The quantitative estimate of drug-likeness (QED) is 0.800. The number of aromatic nitrogens is 1. The summed E-state index contributed by atoms with van der Waals surface area (Å²) in [5, 5.41) is 6.02. The van der Waals surface area contributed by atoms with Crippen molar-refractivity contribution in [2.24, 2.45) is 0 Å². The molecule has 1 aromatic heterocycles. The molecular formula is C17H19N3O. The predicted octanol–water partition coefficient (Wildman–Crippen LogP) is 2.92. The summed E-state index contributed by atoms with van der Waals surface area (Å²) in [6.45, 7) is 6.79. The maximum atomic E-state index is 11.8. The van der Waals surface area contributed by atoms with Gasteiger partial charge in [-0.1, -0.05) is 30.3 Å². The number of nitrogens with one attached hydrogen (secondary N) is 2. The van der Waals surface area contributed by atoms with Crippen LogP contribution in [0, 0.1) is 6.92 Å². The normalized spacial score (nSPS) is 9.95. The maximum Gasteiger partial charge on any atom is 0.270 e. The second-order valence-electron chi connectivity index (χ2n) is 4.71. The smallest absolute Gasteiger partial charge is 0.270 e. The monoisotopic (exact) mass is 281 g/mol. The van der Waals surface area contributed by atoms with E-state index >= 15 is 0 Å². The Labute approximate surface area is 124 Å². The summed E-state index contributed by atoms with van der Waals surface area (Å²) >= 11 is 0. The Bertz CT molecular complexity index is 637. The van der Waals surface area contributed by atoms with Crippen molar-refractivity contribution in [3.63, 3.8) is 0 Å². The summed E-state index contributed by atoms with van der Waals surface area (Å²) in [6.07, 6.45) is 3.27. The van der Waals surface area contributed by atoms with Crippen LogP contribution in [-0.2, 0) is 6.54 Å². The second kappa shape index (κ2) is 7.24. The van der Waals surface area contributed by atoms with Gasteiger partial charge in [0.25, 0.3) is 5.91 Å². The lowest BCUT2D eigenvalue weighted by Gasteiger charge is -2.10. The highest BCUT2D eigenvalue weighted by Crippen LogP contribution is 2.12. The van der Waals surface area contributed by atoms with E-state index in [2.05, 4.69) is 41.3 Å². The Morgan fingerprint density at radius 2 is 2.14 bits per heavy atom. The Balaban J connectivity index is 2.03. The molecule has 0 radical (unpaired) electrons. The molecule has 0 aliphatic carbocycles. The lowest BCUT2D eigenvalue weighted by molar-refractivity contribution is 0.0953. The molecular weight excluding hydrogens is 262 g/mol. The lowest BCUT2D eigenvalue weighted by Crippen LogP contribution is -2.24. The number of benzene rings is 1. The number of carbonyl (C=O) groups is 1. The van der Waals surface area contributed by atoms with Gasteiger partial charge in [-0.25, -0.2) is 0 Å². The molecule has 4 nitrogen and oxygen atoms in total. The molecule has 2 aromatic rings. The van der Waals surface area contributed by atoms with Crippen LogP contribution in [0.4, 0.5) is 5.69 Å². The van der Waals surface area contributed by atoms with Crippen LogP contribution in [0.1, 0.15) is 21.6 Å². The van der Waals surface area contributed by atoms with E-state index in [1.165, 1.54) is 11.1 Å². The number of aryl methyl sites for hydroxylation is 1. The first kappa shape index (κ1) is 14.8. The molecule has 0 saturated heterocycles. The van der Waals surface area contributed by atoms with Crippen LogP contribution in [0.15, 0.2) is 55.3 Å². The average molecular weight is 281 g/mol. The zero-order chi connectivity index (χ0) is 15.1. The van der Waals surface area contributed by atoms with Gasteiger partial charge in [-0.3, -0.25) is 9.78 Å². The molecule has 2 rings (SSSR count). The maximum absolute atomic E-state index is 11.8. The van der Waals surface area contributed by atoms with Gasteiger partial charge in [0.05, 0.1) is 0 Å². The van der Waals surface area contributed by atoms with Crippen LogP contribution in [0.3, 0.4) is 0 Å². The van der Waals surface area contributed by atoms with E-state index in [9.17, 15) is 4.79 Å². The minimum Gasteiger partial charge on any atom is -0.381 e. The van der Waals surface area contributed by atoms with Gasteiger partial charge in [0.1, 0.15) is 5.69 Å². The molecule has 0 aliphatic rings. The molecule has 1 aromatic carbocycles. The van der Waals surface area contributed by atoms with Crippen molar-refractivity contribution >= 4 is 11.6 Å². The highest BCUT2D eigenvalue weighted by Gasteiger charge is 2.06. The molecule has 0 bridgehead atoms. The van der Waals surface area contributed by atoms with Gasteiger partial charge in [-0.05, 0) is 30.2 Å². The van der Waals surface area contributed by atoms with Crippen molar-refractivity contribution < 1.29 is 4.79 Å².